The average Bonchev–Trinajstić information content (AvgIpc) is 3.20. The lowest BCUT2D eigenvalue weighted by atomic mass is 10.1. The molecule has 0 radical (unpaired) electrons. The predicted octanol–water partition coefficient (Wildman–Crippen LogP) is 3.55. The van der Waals surface area contributed by atoms with Crippen molar-refractivity contribution in [3.05, 3.63) is 70.1 Å². The van der Waals surface area contributed by atoms with E-state index in [-0.39, 0.29) is 17.2 Å². The number of likely N-dealkylation sites (N-methyl/N-ethyl adjacent to an activating group) is 1. The molecule has 0 fully saturated rings. The molecule has 7 heteroatoms. The first-order valence-corrected chi connectivity index (χ1v) is 9.69. The zero-order valence-electron chi connectivity index (χ0n) is 17.7. The Hall–Kier alpha value is -3.09. The predicted molar refractivity (Wildman–Crippen MR) is 112 cm³/mol. The van der Waals surface area contributed by atoms with Gasteiger partial charge in [-0.3, -0.25) is 14.4 Å². The van der Waals surface area contributed by atoms with E-state index in [0.717, 1.165) is 5.57 Å². The molecule has 1 N–H and O–H groups in total. The van der Waals surface area contributed by atoms with Crippen LogP contribution in [-0.4, -0.2) is 34.4 Å². The zero-order valence-corrected chi connectivity index (χ0v) is 17.7. The maximum atomic E-state index is 13.0. The Morgan fingerprint density at radius 2 is 1.90 bits per heavy atom. The van der Waals surface area contributed by atoms with Gasteiger partial charge in [-0.25, -0.2) is 0 Å². The van der Waals surface area contributed by atoms with Crippen LogP contribution in [0.15, 0.2) is 52.2 Å². The van der Waals surface area contributed by atoms with Crippen molar-refractivity contribution in [3.8, 4) is 0 Å². The number of furan rings is 1. The molecule has 0 aromatic carbocycles. The molecule has 2 aromatic rings. The molecule has 0 unspecified atom stereocenters. The van der Waals surface area contributed by atoms with E-state index in [1.165, 1.54) is 23.6 Å². The van der Waals surface area contributed by atoms with Crippen LogP contribution in [0.1, 0.15) is 73.2 Å². The molecule has 29 heavy (non-hydrogen) atoms. The van der Waals surface area contributed by atoms with Crippen LogP contribution in [0.25, 0.3) is 0 Å². The number of nitrogens with zero attached hydrogens (tertiary/aromatic N) is 2. The van der Waals surface area contributed by atoms with Crippen molar-refractivity contribution in [1.82, 2.24) is 14.8 Å². The van der Waals surface area contributed by atoms with Crippen LogP contribution in [0.4, 0.5) is 0 Å². The van der Waals surface area contributed by atoms with Crippen molar-refractivity contribution >= 4 is 11.8 Å². The fourth-order valence-electron chi connectivity index (χ4n) is 2.92. The summed E-state index contributed by atoms with van der Waals surface area (Å²) in [5, 5.41) is 2.76. The zero-order chi connectivity index (χ0) is 21.7. The van der Waals surface area contributed by atoms with Crippen molar-refractivity contribution in [1.29, 1.82) is 0 Å². The van der Waals surface area contributed by atoms with E-state index in [1.807, 2.05) is 27.7 Å². The molecule has 0 saturated carbocycles. The van der Waals surface area contributed by atoms with Crippen LogP contribution < -0.4 is 10.7 Å². The third-order valence-electron chi connectivity index (χ3n) is 4.56. The molecule has 2 amide bonds. The van der Waals surface area contributed by atoms with E-state index in [4.69, 9.17) is 4.42 Å². The van der Waals surface area contributed by atoms with Gasteiger partial charge in [-0.1, -0.05) is 12.2 Å². The van der Waals surface area contributed by atoms with Gasteiger partial charge < -0.3 is 19.2 Å². The fraction of sp³-hybridized carbons (Fsp3) is 0.409. The molecule has 0 saturated heterocycles. The summed E-state index contributed by atoms with van der Waals surface area (Å²) >= 11 is 0. The number of hydrogen-bond donors (Lipinski definition) is 1. The highest BCUT2D eigenvalue weighted by atomic mass is 16.3. The standard InChI is InChI=1S/C22H29N3O4/c1-7-24(11-14(2)3)22(28)18-13-25(15(4)5)12-17(20(18)26)21(27)23-16(6)19-9-8-10-29-19/h8-10,12-13,15-16H,2,7,11H2,1,3-6H3,(H,23,27)/t16-/m0/s1. The van der Waals surface area contributed by atoms with Gasteiger partial charge in [-0.2, -0.15) is 0 Å². The van der Waals surface area contributed by atoms with Crippen molar-refractivity contribution in [2.24, 2.45) is 0 Å². The maximum absolute atomic E-state index is 13.0. The van der Waals surface area contributed by atoms with Crippen LogP contribution in [0.3, 0.4) is 0 Å². The maximum Gasteiger partial charge on any atom is 0.259 e. The third kappa shape index (κ3) is 5.25. The van der Waals surface area contributed by atoms with Crippen LogP contribution in [0, 0.1) is 0 Å². The smallest absolute Gasteiger partial charge is 0.259 e. The summed E-state index contributed by atoms with van der Waals surface area (Å²) in [5.41, 5.74) is 0.121. The van der Waals surface area contributed by atoms with Crippen molar-refractivity contribution in [2.45, 2.75) is 46.7 Å². The Bertz CT molecular complexity index is 941. The summed E-state index contributed by atoms with van der Waals surface area (Å²) in [7, 11) is 0. The Morgan fingerprint density at radius 1 is 1.24 bits per heavy atom. The largest absolute Gasteiger partial charge is 0.467 e. The molecule has 156 valence electrons. The minimum Gasteiger partial charge on any atom is -0.467 e. The van der Waals surface area contributed by atoms with Gasteiger partial charge in [-0.15, -0.1) is 0 Å². The summed E-state index contributed by atoms with van der Waals surface area (Å²) in [6.07, 6.45) is 4.52. The molecule has 0 aliphatic rings. The van der Waals surface area contributed by atoms with Gasteiger partial charge in [-0.05, 0) is 46.8 Å². The van der Waals surface area contributed by atoms with E-state index >= 15 is 0 Å². The number of aromatic nitrogens is 1. The summed E-state index contributed by atoms with van der Waals surface area (Å²) < 4.78 is 7.01. The molecular formula is C22H29N3O4. The first-order chi connectivity index (χ1) is 13.6. The average molecular weight is 399 g/mol. The van der Waals surface area contributed by atoms with E-state index in [1.54, 1.807) is 23.6 Å². The summed E-state index contributed by atoms with van der Waals surface area (Å²) in [5.74, 6) is -0.386. The van der Waals surface area contributed by atoms with Crippen molar-refractivity contribution in [3.63, 3.8) is 0 Å². The van der Waals surface area contributed by atoms with Crippen LogP contribution in [0.2, 0.25) is 0 Å². The lowest BCUT2D eigenvalue weighted by Crippen LogP contribution is -2.39. The van der Waals surface area contributed by atoms with E-state index in [2.05, 4.69) is 11.9 Å². The first kappa shape index (κ1) is 22.2. The number of nitrogens with one attached hydrogen (secondary N) is 1. The van der Waals surface area contributed by atoms with E-state index in [9.17, 15) is 14.4 Å². The number of carbonyl (C=O) groups excluding carboxylic acids is 2. The van der Waals surface area contributed by atoms with Gasteiger partial charge in [0, 0.05) is 31.5 Å². The summed E-state index contributed by atoms with van der Waals surface area (Å²) in [6.45, 7) is 13.9. The van der Waals surface area contributed by atoms with Crippen molar-refractivity contribution < 1.29 is 14.0 Å². The molecular weight excluding hydrogens is 370 g/mol. The molecule has 0 aliphatic heterocycles. The molecule has 2 heterocycles. The minimum atomic E-state index is -0.587. The van der Waals surface area contributed by atoms with E-state index < -0.39 is 23.3 Å². The number of pyridine rings is 1. The van der Waals surface area contributed by atoms with Crippen LogP contribution in [0.5, 0.6) is 0 Å². The Kier molecular flexibility index (Phi) is 7.20. The number of rotatable bonds is 8. The second kappa shape index (κ2) is 9.41. The molecule has 0 aliphatic carbocycles. The van der Waals surface area contributed by atoms with Gasteiger partial charge in [0.15, 0.2) is 0 Å². The number of amides is 2. The van der Waals surface area contributed by atoms with Gasteiger partial charge >= 0.3 is 0 Å². The van der Waals surface area contributed by atoms with Crippen LogP contribution in [-0.2, 0) is 0 Å². The monoisotopic (exact) mass is 399 g/mol. The SMILES string of the molecule is C=C(C)CN(CC)C(=O)c1cn(C(C)C)cc(C(=O)N[C@@H](C)c2ccco2)c1=O. The lowest BCUT2D eigenvalue weighted by Gasteiger charge is -2.22. The molecule has 2 rings (SSSR count). The Labute approximate surface area is 171 Å². The number of carbonyl (C=O) groups is 2. The highest BCUT2D eigenvalue weighted by molar-refractivity contribution is 5.99. The van der Waals surface area contributed by atoms with Gasteiger partial charge in [0.2, 0.25) is 5.43 Å². The molecule has 0 bridgehead atoms. The second-order valence-electron chi connectivity index (χ2n) is 7.44. The normalized spacial score (nSPS) is 11.9. The minimum absolute atomic E-state index is 0.0277. The Balaban J connectivity index is 2.45. The van der Waals surface area contributed by atoms with Gasteiger partial charge in [0.1, 0.15) is 16.9 Å². The topological polar surface area (TPSA) is 84.6 Å². The molecule has 7 nitrogen and oxygen atoms in total. The second-order valence-corrected chi connectivity index (χ2v) is 7.44. The highest BCUT2D eigenvalue weighted by Crippen LogP contribution is 2.14. The van der Waals surface area contributed by atoms with Gasteiger partial charge in [0.25, 0.3) is 11.8 Å². The summed E-state index contributed by atoms with van der Waals surface area (Å²) in [6, 6.07) is 3.02. The molecule has 2 aromatic heterocycles. The Morgan fingerprint density at radius 3 is 2.41 bits per heavy atom. The quantitative estimate of drug-likeness (QED) is 0.688. The highest BCUT2D eigenvalue weighted by Gasteiger charge is 2.24. The van der Waals surface area contributed by atoms with Gasteiger partial charge in [0.05, 0.1) is 12.3 Å². The van der Waals surface area contributed by atoms with Crippen molar-refractivity contribution in [2.75, 3.05) is 13.1 Å². The van der Waals surface area contributed by atoms with E-state index in [0.29, 0.717) is 18.8 Å². The van der Waals surface area contributed by atoms with Crippen LogP contribution >= 0.6 is 0 Å². The fourth-order valence-corrected chi connectivity index (χ4v) is 2.92. The molecule has 0 spiro atoms. The number of hydrogen-bond acceptors (Lipinski definition) is 4. The first-order valence-electron chi connectivity index (χ1n) is 9.69. The third-order valence-corrected chi connectivity index (χ3v) is 4.56. The molecule has 1 atom stereocenters. The summed E-state index contributed by atoms with van der Waals surface area (Å²) in [4.78, 5) is 40.4. The lowest BCUT2D eigenvalue weighted by molar-refractivity contribution is 0.0776.